The van der Waals surface area contributed by atoms with Crippen molar-refractivity contribution in [2.24, 2.45) is 5.73 Å². The zero-order valence-corrected chi connectivity index (χ0v) is 5.82. The van der Waals surface area contributed by atoms with Gasteiger partial charge in [0, 0.05) is 12.3 Å². The molecule has 0 rings (SSSR count). The zero-order chi connectivity index (χ0) is 6.95. The summed E-state index contributed by atoms with van der Waals surface area (Å²) in [6.07, 6.45) is 5.56. The van der Waals surface area contributed by atoms with Gasteiger partial charge in [-0.25, -0.2) is 0 Å². The van der Waals surface area contributed by atoms with Crippen molar-refractivity contribution in [1.29, 1.82) is 5.26 Å². The number of hydrogen-bond donors (Lipinski definition) is 2. The van der Waals surface area contributed by atoms with E-state index in [2.05, 4.69) is 4.72 Å². The standard InChI is InChI=1S/C5H9N3S/c6-3-1-2-4-9-8-5-7/h1-2,8H,3-4,6H2. The first-order valence-corrected chi connectivity index (χ1v) is 3.51. The summed E-state index contributed by atoms with van der Waals surface area (Å²) in [7, 11) is 0. The summed E-state index contributed by atoms with van der Waals surface area (Å²) in [5.74, 6) is 0.783. The third-order valence-corrected chi connectivity index (χ3v) is 1.19. The predicted octanol–water partition coefficient (Wildman–Crippen LogP) is 0.220. The maximum atomic E-state index is 7.99. The largest absolute Gasteiger partial charge is 0.327 e. The number of rotatable bonds is 4. The Morgan fingerprint density at radius 1 is 1.67 bits per heavy atom. The van der Waals surface area contributed by atoms with Crippen LogP contribution in [-0.4, -0.2) is 12.3 Å². The molecule has 0 amide bonds. The van der Waals surface area contributed by atoms with Crippen LogP contribution in [-0.2, 0) is 0 Å². The number of hydrogen-bond acceptors (Lipinski definition) is 4. The summed E-state index contributed by atoms with van der Waals surface area (Å²) >= 11 is 1.34. The van der Waals surface area contributed by atoms with Crippen molar-refractivity contribution >= 4 is 11.9 Å². The minimum Gasteiger partial charge on any atom is -0.327 e. The minimum atomic E-state index is 0.563. The predicted molar refractivity (Wildman–Crippen MR) is 39.4 cm³/mol. The van der Waals surface area contributed by atoms with Gasteiger partial charge >= 0.3 is 0 Å². The van der Waals surface area contributed by atoms with Gasteiger partial charge in [0.1, 0.15) is 0 Å². The summed E-state index contributed by atoms with van der Waals surface area (Å²) in [4.78, 5) is 0. The molecule has 0 radical (unpaired) electrons. The molecule has 0 aromatic rings. The van der Waals surface area contributed by atoms with Crippen LogP contribution in [0.25, 0.3) is 0 Å². The highest BCUT2D eigenvalue weighted by molar-refractivity contribution is 7.97. The van der Waals surface area contributed by atoms with Crippen molar-refractivity contribution in [3.05, 3.63) is 12.2 Å². The maximum absolute atomic E-state index is 7.99. The first kappa shape index (κ1) is 8.34. The Labute approximate surface area is 59.1 Å². The lowest BCUT2D eigenvalue weighted by Crippen LogP contribution is -1.94. The summed E-state index contributed by atoms with van der Waals surface area (Å²) in [5, 5.41) is 7.99. The molecule has 4 heteroatoms. The van der Waals surface area contributed by atoms with Crippen LogP contribution >= 0.6 is 11.9 Å². The molecule has 0 aliphatic rings. The SMILES string of the molecule is N#CNSCC=CCN. The van der Waals surface area contributed by atoms with Crippen LogP contribution in [0.1, 0.15) is 0 Å². The molecule has 0 saturated heterocycles. The maximum Gasteiger partial charge on any atom is 0.187 e. The molecule has 0 aliphatic heterocycles. The van der Waals surface area contributed by atoms with Gasteiger partial charge in [-0.1, -0.05) is 12.2 Å². The summed E-state index contributed by atoms with van der Waals surface area (Å²) in [5.41, 5.74) is 5.16. The van der Waals surface area contributed by atoms with Crippen LogP contribution in [0.15, 0.2) is 12.2 Å². The average Bonchev–Trinajstić information content (AvgIpc) is 1.89. The fraction of sp³-hybridized carbons (Fsp3) is 0.400. The summed E-state index contributed by atoms with van der Waals surface area (Å²) in [6, 6.07) is 0. The molecule has 0 unspecified atom stereocenters. The van der Waals surface area contributed by atoms with Crippen molar-refractivity contribution in [2.75, 3.05) is 12.3 Å². The summed E-state index contributed by atoms with van der Waals surface area (Å²) < 4.78 is 2.44. The lowest BCUT2D eigenvalue weighted by molar-refractivity contribution is 1.25. The zero-order valence-electron chi connectivity index (χ0n) is 5.00. The van der Waals surface area contributed by atoms with Gasteiger partial charge in [0.25, 0.3) is 0 Å². The molecule has 0 bridgehead atoms. The molecular weight excluding hydrogens is 134 g/mol. The second kappa shape index (κ2) is 7.34. The van der Waals surface area contributed by atoms with Crippen molar-refractivity contribution in [2.45, 2.75) is 0 Å². The topological polar surface area (TPSA) is 61.8 Å². The molecule has 3 nitrogen and oxygen atoms in total. The number of nitrogens with two attached hydrogens (primary N) is 1. The van der Waals surface area contributed by atoms with Gasteiger partial charge in [0.15, 0.2) is 6.19 Å². The van der Waals surface area contributed by atoms with Crippen LogP contribution in [0.4, 0.5) is 0 Å². The highest BCUT2D eigenvalue weighted by atomic mass is 32.2. The van der Waals surface area contributed by atoms with Crippen LogP contribution in [0.3, 0.4) is 0 Å². The Kier molecular flexibility index (Phi) is 6.80. The van der Waals surface area contributed by atoms with Gasteiger partial charge in [-0.2, -0.15) is 5.26 Å². The van der Waals surface area contributed by atoms with E-state index in [-0.39, 0.29) is 0 Å². The van der Waals surface area contributed by atoms with E-state index in [0.717, 1.165) is 5.75 Å². The van der Waals surface area contributed by atoms with Crippen LogP contribution in [0.5, 0.6) is 0 Å². The van der Waals surface area contributed by atoms with Crippen LogP contribution in [0.2, 0.25) is 0 Å². The number of nitrogens with zero attached hydrogens (tertiary/aromatic N) is 1. The molecule has 50 valence electrons. The Balaban J connectivity index is 2.92. The van der Waals surface area contributed by atoms with Crippen molar-refractivity contribution in [3.8, 4) is 6.19 Å². The molecule has 3 N–H and O–H groups in total. The molecule has 0 spiro atoms. The van der Waals surface area contributed by atoms with Gasteiger partial charge < -0.3 is 5.73 Å². The van der Waals surface area contributed by atoms with Crippen molar-refractivity contribution in [3.63, 3.8) is 0 Å². The molecule has 0 atom stereocenters. The van der Waals surface area contributed by atoms with Gasteiger partial charge in [0.05, 0.1) is 0 Å². The van der Waals surface area contributed by atoms with E-state index in [1.54, 1.807) is 6.19 Å². The highest BCUT2D eigenvalue weighted by Gasteiger charge is 1.76. The van der Waals surface area contributed by atoms with Crippen molar-refractivity contribution in [1.82, 2.24) is 4.72 Å². The first-order chi connectivity index (χ1) is 4.41. The third-order valence-electron chi connectivity index (χ3n) is 0.600. The normalized spacial score (nSPS) is 9.33. The Bertz CT molecular complexity index is 116. The Morgan fingerprint density at radius 2 is 2.44 bits per heavy atom. The lowest BCUT2D eigenvalue weighted by atomic mass is 10.5. The highest BCUT2D eigenvalue weighted by Crippen LogP contribution is 1.90. The number of nitrogens with one attached hydrogen (secondary N) is 1. The van der Waals surface area contributed by atoms with E-state index in [1.807, 2.05) is 12.2 Å². The van der Waals surface area contributed by atoms with Gasteiger partial charge in [-0.15, -0.1) is 0 Å². The van der Waals surface area contributed by atoms with Gasteiger partial charge in [-0.05, 0) is 11.9 Å². The second-order valence-corrected chi connectivity index (χ2v) is 2.06. The van der Waals surface area contributed by atoms with E-state index >= 15 is 0 Å². The second-order valence-electron chi connectivity index (χ2n) is 1.23. The lowest BCUT2D eigenvalue weighted by Gasteiger charge is -1.87. The van der Waals surface area contributed by atoms with E-state index in [4.69, 9.17) is 11.0 Å². The van der Waals surface area contributed by atoms with E-state index in [9.17, 15) is 0 Å². The van der Waals surface area contributed by atoms with E-state index in [1.165, 1.54) is 11.9 Å². The number of nitriles is 1. The van der Waals surface area contributed by atoms with Crippen molar-refractivity contribution < 1.29 is 0 Å². The Morgan fingerprint density at radius 3 is 3.00 bits per heavy atom. The molecule has 0 aromatic heterocycles. The Hall–Kier alpha value is -0.660. The molecule has 0 heterocycles. The smallest absolute Gasteiger partial charge is 0.187 e. The monoisotopic (exact) mass is 143 g/mol. The van der Waals surface area contributed by atoms with Gasteiger partial charge in [0.2, 0.25) is 0 Å². The van der Waals surface area contributed by atoms with Crippen LogP contribution in [0, 0.1) is 11.5 Å². The quantitative estimate of drug-likeness (QED) is 0.194. The van der Waals surface area contributed by atoms with E-state index in [0.29, 0.717) is 6.54 Å². The fourth-order valence-corrected chi connectivity index (χ4v) is 0.667. The molecular formula is C5H9N3S. The van der Waals surface area contributed by atoms with E-state index < -0.39 is 0 Å². The molecule has 0 saturated carbocycles. The molecule has 0 aromatic carbocycles. The molecule has 0 aliphatic carbocycles. The average molecular weight is 143 g/mol. The van der Waals surface area contributed by atoms with Gasteiger partial charge in [-0.3, -0.25) is 4.72 Å². The minimum absolute atomic E-state index is 0.563. The fourth-order valence-electron chi connectivity index (χ4n) is 0.286. The first-order valence-electron chi connectivity index (χ1n) is 2.52. The van der Waals surface area contributed by atoms with Crippen LogP contribution < -0.4 is 10.5 Å². The summed E-state index contributed by atoms with van der Waals surface area (Å²) in [6.45, 7) is 0.563. The molecule has 0 fully saturated rings. The third kappa shape index (κ3) is 7.34. The molecule has 9 heavy (non-hydrogen) atoms.